The Kier molecular flexibility index (Phi) is 5.51. The molecule has 2 unspecified atom stereocenters. The van der Waals surface area contributed by atoms with Gasteiger partial charge in [0.15, 0.2) is 0 Å². The Hall–Kier alpha value is -2.54. The van der Waals surface area contributed by atoms with Gasteiger partial charge in [0.05, 0.1) is 0 Å². The summed E-state index contributed by atoms with van der Waals surface area (Å²) in [6.07, 6.45) is 9.93. The Morgan fingerprint density at radius 3 is 1.38 bits per heavy atom. The third kappa shape index (κ3) is 3.56. The van der Waals surface area contributed by atoms with Crippen molar-refractivity contribution in [3.05, 3.63) is 144 Å². The van der Waals surface area contributed by atoms with Gasteiger partial charge in [0.1, 0.15) is 0 Å². The smallest absolute Gasteiger partial charge is 1.00 e. The molecule has 2 atom stereocenters. The van der Waals surface area contributed by atoms with Crippen LogP contribution in [0.15, 0.2) is 121 Å². The molecule has 0 nitrogen and oxygen atoms in total. The second-order valence-electron chi connectivity index (χ2n) is 8.69. The van der Waals surface area contributed by atoms with Gasteiger partial charge in [-0.15, -0.1) is 0 Å². The van der Waals surface area contributed by atoms with Crippen molar-refractivity contribution in [3.63, 3.8) is 0 Å². The van der Waals surface area contributed by atoms with Gasteiger partial charge < -0.3 is 2.85 Å². The van der Waals surface area contributed by atoms with Crippen LogP contribution >= 0.6 is 0 Å². The van der Waals surface area contributed by atoms with E-state index < -0.39 is 26.8 Å². The van der Waals surface area contributed by atoms with Crippen molar-refractivity contribution in [1.29, 1.82) is 0 Å². The van der Waals surface area contributed by atoms with Crippen molar-refractivity contribution < 1.29 is 23.8 Å². The summed E-state index contributed by atoms with van der Waals surface area (Å²) in [5.41, 5.74) is 6.01. The van der Waals surface area contributed by atoms with Crippen molar-refractivity contribution in [2.45, 2.75) is 7.25 Å². The van der Waals surface area contributed by atoms with Crippen molar-refractivity contribution in [2.24, 2.45) is 0 Å². The maximum Gasteiger partial charge on any atom is -1.00 e. The van der Waals surface area contributed by atoms with E-state index in [0.717, 1.165) is 0 Å². The van der Waals surface area contributed by atoms with Gasteiger partial charge in [0, 0.05) is 0 Å². The van der Waals surface area contributed by atoms with E-state index in [-0.39, 0.29) is 2.85 Å². The molecule has 2 aliphatic carbocycles. The van der Waals surface area contributed by atoms with Gasteiger partial charge >= 0.3 is 200 Å². The van der Waals surface area contributed by atoms with Crippen LogP contribution in [0, 0.1) is 0 Å². The first-order valence-electron chi connectivity index (χ1n) is 11.4. The molecule has 0 N–H and O–H groups in total. The number of rotatable bonds is 5. The Labute approximate surface area is 202 Å². The molecular formula is C30H27SiZr. The monoisotopic (exact) mass is 505 g/mol. The van der Waals surface area contributed by atoms with E-state index >= 15 is 0 Å². The first-order valence-corrected chi connectivity index (χ1v) is 20.2. The van der Waals surface area contributed by atoms with E-state index in [4.69, 9.17) is 0 Å². The minimum absolute atomic E-state index is 0. The van der Waals surface area contributed by atoms with E-state index in [1.54, 1.807) is 21.5 Å². The van der Waals surface area contributed by atoms with Crippen molar-refractivity contribution in [2.75, 3.05) is 0 Å². The van der Waals surface area contributed by atoms with Crippen molar-refractivity contribution >= 4 is 28.4 Å². The van der Waals surface area contributed by atoms with E-state index in [2.05, 4.69) is 133 Å². The summed E-state index contributed by atoms with van der Waals surface area (Å²) in [6.45, 7) is 0. The van der Waals surface area contributed by atoms with Gasteiger partial charge in [-0.1, -0.05) is 0 Å². The molecule has 6 rings (SSSR count). The van der Waals surface area contributed by atoms with Gasteiger partial charge in [-0.2, -0.15) is 0 Å². The topological polar surface area (TPSA) is 0 Å². The Morgan fingerprint density at radius 2 is 0.906 bits per heavy atom. The first-order chi connectivity index (χ1) is 15.9. The molecule has 32 heavy (non-hydrogen) atoms. The van der Waals surface area contributed by atoms with Crippen LogP contribution < -0.4 is 10.4 Å². The fourth-order valence-corrected chi connectivity index (χ4v) is 31.4. The fourth-order valence-electron chi connectivity index (χ4n) is 5.50. The summed E-state index contributed by atoms with van der Waals surface area (Å²) in [4.78, 5) is 0. The molecule has 0 saturated heterocycles. The number of benzene rings is 4. The average molecular weight is 507 g/mol. The summed E-state index contributed by atoms with van der Waals surface area (Å²) in [6, 6.07) is 41.2. The average Bonchev–Trinajstić information content (AvgIpc) is 3.48. The first kappa shape index (κ1) is 20.1. The van der Waals surface area contributed by atoms with Gasteiger partial charge in [-0.25, -0.2) is 0 Å². The van der Waals surface area contributed by atoms with Crippen LogP contribution in [0.2, 0.25) is 0 Å². The van der Waals surface area contributed by atoms with Crippen LogP contribution in [0.1, 0.15) is 32.4 Å². The summed E-state index contributed by atoms with van der Waals surface area (Å²) >= 11 is -2.22. The van der Waals surface area contributed by atoms with E-state index in [9.17, 15) is 0 Å². The molecule has 2 heteroatoms. The molecule has 4 aromatic rings. The second kappa shape index (κ2) is 8.77. The summed E-state index contributed by atoms with van der Waals surface area (Å²) in [5, 5.41) is 3.23. The molecule has 0 aliphatic heterocycles. The zero-order chi connectivity index (χ0) is 21.3. The predicted molar refractivity (Wildman–Crippen MR) is 138 cm³/mol. The molecule has 0 aromatic heterocycles. The molecule has 0 radical (unpaired) electrons. The van der Waals surface area contributed by atoms with Crippen molar-refractivity contribution in [3.8, 4) is 0 Å². The molecule has 4 aromatic carbocycles. The third-order valence-corrected chi connectivity index (χ3v) is 29.8. The summed E-state index contributed by atoms with van der Waals surface area (Å²) < 4.78 is 1.23. The summed E-state index contributed by atoms with van der Waals surface area (Å²) in [7, 11) is 0. The van der Waals surface area contributed by atoms with Gasteiger partial charge in [-0.05, 0) is 0 Å². The Balaban J connectivity index is 0.00000137. The number of hydrogen-bond donors (Lipinski definition) is 0. The predicted octanol–water partition coefficient (Wildman–Crippen LogP) is 5.90. The van der Waals surface area contributed by atoms with Gasteiger partial charge in [0.2, 0.25) is 0 Å². The van der Waals surface area contributed by atoms with E-state index in [1.165, 1.54) is 11.1 Å². The normalized spacial score (nSPS) is 18.0. The molecule has 0 spiro atoms. The van der Waals surface area contributed by atoms with Crippen LogP contribution in [-0.2, 0) is 20.9 Å². The van der Waals surface area contributed by atoms with Gasteiger partial charge in [0.25, 0.3) is 0 Å². The van der Waals surface area contributed by atoms with Crippen LogP contribution in [0.4, 0.5) is 0 Å². The molecule has 155 valence electrons. The second-order valence-corrected chi connectivity index (χ2v) is 24.6. The minimum atomic E-state index is -2.22. The molecule has 0 saturated carbocycles. The molecule has 0 heterocycles. The quantitative estimate of drug-likeness (QED) is 0.296. The van der Waals surface area contributed by atoms with Crippen LogP contribution in [0.3, 0.4) is 0 Å². The number of allylic oxidation sites excluding steroid dienone is 2. The Morgan fingerprint density at radius 1 is 0.500 bits per heavy atom. The minimum Gasteiger partial charge on any atom is -1.00 e. The molecule has 2 aliphatic rings. The zero-order valence-corrected chi connectivity index (χ0v) is 21.5. The maximum atomic E-state index is 2.57. The van der Waals surface area contributed by atoms with Gasteiger partial charge in [-0.3, -0.25) is 0 Å². The van der Waals surface area contributed by atoms with E-state index in [1.807, 2.05) is 0 Å². The molecule has 0 fully saturated rings. The Bertz CT molecular complexity index is 1200. The third-order valence-electron chi connectivity index (χ3n) is 6.92. The maximum absolute atomic E-state index is 2.57. The zero-order valence-electron chi connectivity index (χ0n) is 19.9. The van der Waals surface area contributed by atoms with E-state index in [0.29, 0.717) is 7.25 Å². The van der Waals surface area contributed by atoms with Crippen LogP contribution in [-0.4, -0.2) is 5.92 Å². The standard InChI is InChI=1S/C12H11Si.2C9H7.Zr.2H/c1-3-7-11(8-4-1)13-12-9-5-2-6-10-12;2*1-2-5-9-7-3-6-8(9)4-1;;;/h1-10,13H;2*1-7H;;;/q;;;+2;2*-1. The number of hydrogen-bond acceptors (Lipinski definition) is 0. The summed E-state index contributed by atoms with van der Waals surface area (Å²) in [5.74, 6) is -1.40. The van der Waals surface area contributed by atoms with Crippen LogP contribution in [0.25, 0.3) is 12.2 Å². The van der Waals surface area contributed by atoms with Crippen LogP contribution in [0.5, 0.6) is 0 Å². The van der Waals surface area contributed by atoms with Crippen molar-refractivity contribution in [1.82, 2.24) is 0 Å². The molecule has 0 amide bonds. The number of fused-ring (bicyclic) bond motifs is 2. The fraction of sp³-hybridized carbons (Fsp3) is 0.0667. The SMILES string of the molecule is C1=C[CH]([Zr+2]([CH]2C=Cc3ccccc32)[SiH](c2ccccc2)c2ccccc2)c2ccccc21.[H-].[H-]. The molecular weight excluding hydrogens is 480 g/mol. The molecule has 0 bridgehead atoms. The largest absolute Gasteiger partial charge is 1.00 e.